The van der Waals surface area contributed by atoms with E-state index in [0.29, 0.717) is 6.61 Å². The molecule has 3 rings (SSSR count). The number of benzene rings is 1. The number of anilines is 2. The van der Waals surface area contributed by atoms with Crippen LogP contribution in [0.5, 0.6) is 0 Å². The predicted molar refractivity (Wildman–Crippen MR) is 95.4 cm³/mol. The van der Waals surface area contributed by atoms with E-state index in [1.54, 1.807) is 0 Å². The lowest BCUT2D eigenvalue weighted by Crippen LogP contribution is -2.38. The van der Waals surface area contributed by atoms with Crippen LogP contribution in [0, 0.1) is 5.92 Å². The van der Waals surface area contributed by atoms with Crippen LogP contribution in [0.15, 0.2) is 24.3 Å². The summed E-state index contributed by atoms with van der Waals surface area (Å²) >= 11 is 0. The van der Waals surface area contributed by atoms with Crippen LogP contribution >= 0.6 is 0 Å². The molecule has 1 aromatic carbocycles. The van der Waals surface area contributed by atoms with E-state index in [-0.39, 0.29) is 11.9 Å². The normalized spacial score (nSPS) is 15.5. The van der Waals surface area contributed by atoms with Gasteiger partial charge in [-0.15, -0.1) is 0 Å². The number of piperidine rings is 1. The van der Waals surface area contributed by atoms with Crippen LogP contribution in [-0.2, 0) is 9.53 Å². The number of hydrogen-bond donors (Lipinski definition) is 0. The van der Waals surface area contributed by atoms with Crippen molar-refractivity contribution in [2.45, 2.75) is 19.8 Å². The number of ether oxygens (including phenoxy) is 1. The average molecular weight is 328 g/mol. The Morgan fingerprint density at radius 3 is 2.62 bits per heavy atom. The summed E-state index contributed by atoms with van der Waals surface area (Å²) in [5.74, 6) is 1.57. The van der Waals surface area contributed by atoms with Crippen LogP contribution in [0.2, 0.25) is 0 Å². The van der Waals surface area contributed by atoms with Gasteiger partial charge in [-0.25, -0.2) is 4.98 Å². The fourth-order valence-electron chi connectivity index (χ4n) is 3.11. The third-order valence-corrected chi connectivity index (χ3v) is 4.39. The maximum absolute atomic E-state index is 11.9. The maximum Gasteiger partial charge on any atom is 0.309 e. The summed E-state index contributed by atoms with van der Waals surface area (Å²) in [6.45, 7) is 3.83. The molecular formula is C18H24N4O2. The molecule has 128 valence electrons. The van der Waals surface area contributed by atoms with Crippen LogP contribution < -0.4 is 9.80 Å². The van der Waals surface area contributed by atoms with Gasteiger partial charge in [-0.2, -0.15) is 4.98 Å². The van der Waals surface area contributed by atoms with Gasteiger partial charge in [0, 0.05) is 32.6 Å². The van der Waals surface area contributed by atoms with Crippen molar-refractivity contribution in [1.29, 1.82) is 0 Å². The van der Waals surface area contributed by atoms with Crippen molar-refractivity contribution < 1.29 is 9.53 Å². The highest BCUT2D eigenvalue weighted by molar-refractivity contribution is 5.90. The van der Waals surface area contributed by atoms with Crippen LogP contribution in [0.25, 0.3) is 10.9 Å². The molecule has 2 heterocycles. The number of para-hydroxylation sites is 1. The molecule has 1 fully saturated rings. The zero-order valence-electron chi connectivity index (χ0n) is 14.5. The van der Waals surface area contributed by atoms with E-state index in [4.69, 9.17) is 14.7 Å². The van der Waals surface area contributed by atoms with Crippen molar-refractivity contribution in [1.82, 2.24) is 9.97 Å². The van der Waals surface area contributed by atoms with Crippen LogP contribution in [0.1, 0.15) is 19.8 Å². The van der Waals surface area contributed by atoms with E-state index in [1.165, 1.54) is 0 Å². The first-order chi connectivity index (χ1) is 11.6. The summed E-state index contributed by atoms with van der Waals surface area (Å²) in [5.41, 5.74) is 0.943. The van der Waals surface area contributed by atoms with Gasteiger partial charge < -0.3 is 14.5 Å². The second kappa shape index (κ2) is 7.03. The van der Waals surface area contributed by atoms with Crippen molar-refractivity contribution in [3.05, 3.63) is 24.3 Å². The van der Waals surface area contributed by atoms with Crippen molar-refractivity contribution >= 4 is 28.6 Å². The number of carbonyl (C=O) groups is 1. The van der Waals surface area contributed by atoms with E-state index in [9.17, 15) is 4.79 Å². The highest BCUT2D eigenvalue weighted by Crippen LogP contribution is 2.27. The highest BCUT2D eigenvalue weighted by Gasteiger charge is 2.27. The van der Waals surface area contributed by atoms with Crippen LogP contribution in [0.4, 0.5) is 11.8 Å². The smallest absolute Gasteiger partial charge is 0.309 e. The fourth-order valence-corrected chi connectivity index (χ4v) is 3.11. The van der Waals surface area contributed by atoms with Crippen molar-refractivity contribution in [2.24, 2.45) is 5.92 Å². The molecule has 24 heavy (non-hydrogen) atoms. The van der Waals surface area contributed by atoms with Gasteiger partial charge in [0.15, 0.2) is 0 Å². The Kier molecular flexibility index (Phi) is 4.83. The number of fused-ring (bicyclic) bond motifs is 1. The Morgan fingerprint density at radius 2 is 1.96 bits per heavy atom. The first kappa shape index (κ1) is 16.5. The Bertz CT molecular complexity index is 724. The van der Waals surface area contributed by atoms with Gasteiger partial charge in [-0.3, -0.25) is 4.79 Å². The van der Waals surface area contributed by atoms with Gasteiger partial charge >= 0.3 is 5.97 Å². The summed E-state index contributed by atoms with van der Waals surface area (Å²) in [4.78, 5) is 25.5. The molecule has 2 aromatic rings. The average Bonchev–Trinajstić information content (AvgIpc) is 2.61. The molecular weight excluding hydrogens is 304 g/mol. The molecule has 1 aliphatic rings. The van der Waals surface area contributed by atoms with E-state index < -0.39 is 0 Å². The minimum atomic E-state index is -0.0782. The zero-order valence-corrected chi connectivity index (χ0v) is 14.5. The third-order valence-electron chi connectivity index (χ3n) is 4.39. The SMILES string of the molecule is CCOC(=O)C1CCN(c2nc(N(C)C)c3ccccc3n2)CC1. The molecule has 0 amide bonds. The molecule has 0 radical (unpaired) electrons. The topological polar surface area (TPSA) is 58.6 Å². The van der Waals surface area contributed by atoms with Crippen LogP contribution in [0.3, 0.4) is 0 Å². The summed E-state index contributed by atoms with van der Waals surface area (Å²) in [6, 6.07) is 8.05. The van der Waals surface area contributed by atoms with E-state index in [1.807, 2.05) is 50.2 Å². The Labute approximate surface area is 142 Å². The minimum Gasteiger partial charge on any atom is -0.466 e. The number of rotatable bonds is 4. The Balaban J connectivity index is 1.82. The van der Waals surface area contributed by atoms with Gasteiger partial charge in [-0.05, 0) is 31.9 Å². The highest BCUT2D eigenvalue weighted by atomic mass is 16.5. The lowest BCUT2D eigenvalue weighted by atomic mass is 9.97. The van der Waals surface area contributed by atoms with E-state index in [2.05, 4.69) is 4.90 Å². The molecule has 6 nitrogen and oxygen atoms in total. The lowest BCUT2D eigenvalue weighted by Gasteiger charge is -2.31. The first-order valence-corrected chi connectivity index (χ1v) is 8.46. The largest absolute Gasteiger partial charge is 0.466 e. The molecule has 0 bridgehead atoms. The summed E-state index contributed by atoms with van der Waals surface area (Å²) in [7, 11) is 3.98. The van der Waals surface area contributed by atoms with Gasteiger partial charge in [0.1, 0.15) is 5.82 Å². The minimum absolute atomic E-state index is 0.00465. The molecule has 6 heteroatoms. The Hall–Kier alpha value is -2.37. The predicted octanol–water partition coefficient (Wildman–Crippen LogP) is 2.48. The fraction of sp³-hybridized carbons (Fsp3) is 0.500. The second-order valence-electron chi connectivity index (χ2n) is 6.27. The summed E-state index contributed by atoms with van der Waals surface area (Å²) in [6.07, 6.45) is 1.57. The van der Waals surface area contributed by atoms with Gasteiger partial charge in [0.25, 0.3) is 0 Å². The molecule has 1 aromatic heterocycles. The van der Waals surface area contributed by atoms with Crippen molar-refractivity contribution in [2.75, 3.05) is 43.6 Å². The van der Waals surface area contributed by atoms with Gasteiger partial charge in [-0.1, -0.05) is 12.1 Å². The van der Waals surface area contributed by atoms with Gasteiger partial charge in [0.05, 0.1) is 18.0 Å². The van der Waals surface area contributed by atoms with Crippen molar-refractivity contribution in [3.8, 4) is 0 Å². The third kappa shape index (κ3) is 3.27. The molecule has 1 aliphatic heterocycles. The van der Waals surface area contributed by atoms with Crippen molar-refractivity contribution in [3.63, 3.8) is 0 Å². The summed E-state index contributed by atoms with van der Waals surface area (Å²) in [5, 5.41) is 1.05. The van der Waals surface area contributed by atoms with E-state index in [0.717, 1.165) is 48.6 Å². The number of esters is 1. The van der Waals surface area contributed by atoms with Gasteiger partial charge in [0.2, 0.25) is 5.95 Å². The molecule has 0 spiro atoms. The zero-order chi connectivity index (χ0) is 17.1. The molecule has 0 saturated carbocycles. The van der Waals surface area contributed by atoms with E-state index >= 15 is 0 Å². The molecule has 0 unspecified atom stereocenters. The molecule has 1 saturated heterocycles. The number of aromatic nitrogens is 2. The maximum atomic E-state index is 11.9. The molecule has 0 N–H and O–H groups in total. The molecule has 0 atom stereocenters. The summed E-state index contributed by atoms with van der Waals surface area (Å²) < 4.78 is 5.14. The van der Waals surface area contributed by atoms with Crippen LogP contribution in [-0.4, -0.2) is 49.7 Å². The number of hydrogen-bond acceptors (Lipinski definition) is 6. The number of carbonyl (C=O) groups excluding carboxylic acids is 1. The first-order valence-electron chi connectivity index (χ1n) is 8.46. The standard InChI is InChI=1S/C18H24N4O2/c1-4-24-17(23)13-9-11-22(12-10-13)18-19-15-8-6-5-7-14(15)16(20-18)21(2)3/h5-8,13H,4,9-12H2,1-3H3. The molecule has 0 aliphatic carbocycles. The Morgan fingerprint density at radius 1 is 1.25 bits per heavy atom. The lowest BCUT2D eigenvalue weighted by molar-refractivity contribution is -0.148. The quantitative estimate of drug-likeness (QED) is 0.804. The number of nitrogens with zero attached hydrogens (tertiary/aromatic N) is 4. The monoisotopic (exact) mass is 328 g/mol. The second-order valence-corrected chi connectivity index (χ2v) is 6.27.